The van der Waals surface area contributed by atoms with Gasteiger partial charge in [-0.25, -0.2) is 12.8 Å². The van der Waals surface area contributed by atoms with E-state index in [9.17, 15) is 17.6 Å². The van der Waals surface area contributed by atoms with Gasteiger partial charge < -0.3 is 10.1 Å². The number of rotatable bonds is 7. The van der Waals surface area contributed by atoms with Crippen molar-refractivity contribution in [1.82, 2.24) is 5.32 Å². The summed E-state index contributed by atoms with van der Waals surface area (Å²) in [4.78, 5) is 13.0. The Morgan fingerprint density at radius 3 is 2.53 bits per heavy atom. The molecule has 1 atom stereocenters. The Kier molecular flexibility index (Phi) is 6.14. The number of carbonyl (C=O) groups is 1. The van der Waals surface area contributed by atoms with Gasteiger partial charge in [-0.05, 0) is 47.9 Å². The van der Waals surface area contributed by atoms with Gasteiger partial charge in [-0.1, -0.05) is 42.5 Å². The van der Waals surface area contributed by atoms with Gasteiger partial charge in [0.1, 0.15) is 6.61 Å². The summed E-state index contributed by atoms with van der Waals surface area (Å²) in [7, 11) is -3.36. The van der Waals surface area contributed by atoms with Gasteiger partial charge >= 0.3 is 0 Å². The largest absolute Gasteiger partial charge is 0.488 e. The lowest BCUT2D eigenvalue weighted by atomic mass is 10.1. The first-order valence-electron chi connectivity index (χ1n) is 10.2. The summed E-state index contributed by atoms with van der Waals surface area (Å²) in [6.07, 6.45) is 1.71. The number of amides is 1. The van der Waals surface area contributed by atoms with Gasteiger partial charge in [0.15, 0.2) is 11.6 Å². The zero-order chi connectivity index (χ0) is 22.7. The lowest BCUT2D eigenvalue weighted by molar-refractivity contribution is 0.0920. The minimum absolute atomic E-state index is 0.0451. The molecule has 3 aromatic rings. The summed E-state index contributed by atoms with van der Waals surface area (Å²) >= 11 is 0. The molecule has 4 rings (SSSR count). The molecule has 6 nitrogen and oxygen atoms in total. The SMILES string of the molecule is CS(=O)(=O)N1CCc2cc(C(=O)NC(COc3ccccc3F)c3ccccc3)ccc21. The van der Waals surface area contributed by atoms with Crippen molar-refractivity contribution in [3.8, 4) is 5.75 Å². The lowest BCUT2D eigenvalue weighted by Gasteiger charge is -2.21. The molecule has 0 saturated carbocycles. The molecule has 0 aliphatic carbocycles. The molecule has 0 saturated heterocycles. The fourth-order valence-electron chi connectivity index (χ4n) is 3.74. The Bertz CT molecular complexity index is 1230. The first-order chi connectivity index (χ1) is 15.3. The number of hydrogen-bond acceptors (Lipinski definition) is 4. The van der Waals surface area contributed by atoms with Crippen molar-refractivity contribution in [2.45, 2.75) is 12.5 Å². The second-order valence-electron chi connectivity index (χ2n) is 7.61. The van der Waals surface area contributed by atoms with Crippen LogP contribution >= 0.6 is 0 Å². The fraction of sp³-hybridized carbons (Fsp3) is 0.208. The van der Waals surface area contributed by atoms with E-state index in [1.807, 2.05) is 30.3 Å². The van der Waals surface area contributed by atoms with Crippen molar-refractivity contribution in [1.29, 1.82) is 0 Å². The fourth-order valence-corrected chi connectivity index (χ4v) is 4.70. The minimum Gasteiger partial charge on any atom is -0.488 e. The molecular weight excluding hydrogens is 431 g/mol. The molecule has 1 N–H and O–H groups in total. The van der Waals surface area contributed by atoms with Crippen molar-refractivity contribution in [2.24, 2.45) is 0 Å². The highest BCUT2D eigenvalue weighted by molar-refractivity contribution is 7.92. The molecule has 166 valence electrons. The normalized spacial score (nSPS) is 14.0. The van der Waals surface area contributed by atoms with Gasteiger partial charge in [0, 0.05) is 12.1 Å². The number of ether oxygens (including phenoxy) is 1. The van der Waals surface area contributed by atoms with Crippen LogP contribution in [0.3, 0.4) is 0 Å². The number of hydrogen-bond donors (Lipinski definition) is 1. The first-order valence-corrected chi connectivity index (χ1v) is 12.0. The molecule has 3 aromatic carbocycles. The first kappa shape index (κ1) is 21.8. The molecule has 0 spiro atoms. The van der Waals surface area contributed by atoms with Crippen LogP contribution in [0.25, 0.3) is 0 Å². The van der Waals surface area contributed by atoms with E-state index in [1.165, 1.54) is 22.7 Å². The van der Waals surface area contributed by atoms with Crippen LogP contribution in [0.15, 0.2) is 72.8 Å². The van der Waals surface area contributed by atoms with Gasteiger partial charge in [-0.3, -0.25) is 9.10 Å². The van der Waals surface area contributed by atoms with Crippen molar-refractivity contribution in [3.63, 3.8) is 0 Å². The van der Waals surface area contributed by atoms with Crippen LogP contribution in [0.1, 0.15) is 27.5 Å². The van der Waals surface area contributed by atoms with Gasteiger partial charge in [-0.15, -0.1) is 0 Å². The van der Waals surface area contributed by atoms with Crippen molar-refractivity contribution in [3.05, 3.63) is 95.3 Å². The van der Waals surface area contributed by atoms with Crippen molar-refractivity contribution >= 4 is 21.6 Å². The van der Waals surface area contributed by atoms with Gasteiger partial charge in [0.05, 0.1) is 18.0 Å². The van der Waals surface area contributed by atoms with Crippen LogP contribution in [-0.4, -0.2) is 33.7 Å². The van der Waals surface area contributed by atoms with Gasteiger partial charge in [0.25, 0.3) is 5.91 Å². The maximum absolute atomic E-state index is 14.0. The van der Waals surface area contributed by atoms with E-state index in [1.54, 1.807) is 30.3 Å². The number of fused-ring (bicyclic) bond motifs is 1. The Hall–Kier alpha value is -3.39. The van der Waals surface area contributed by atoms with Crippen LogP contribution in [0.5, 0.6) is 5.75 Å². The number of sulfonamides is 1. The molecule has 0 fully saturated rings. The average Bonchev–Trinajstić information content (AvgIpc) is 3.22. The number of nitrogens with one attached hydrogen (secondary N) is 1. The third kappa shape index (κ3) is 4.75. The Morgan fingerprint density at radius 1 is 1.09 bits per heavy atom. The molecule has 8 heteroatoms. The minimum atomic E-state index is -3.36. The van der Waals surface area contributed by atoms with Crippen LogP contribution < -0.4 is 14.4 Å². The summed E-state index contributed by atoms with van der Waals surface area (Å²) in [5.41, 5.74) is 2.65. The zero-order valence-electron chi connectivity index (χ0n) is 17.5. The molecule has 1 aliphatic heterocycles. The topological polar surface area (TPSA) is 75.7 Å². The molecule has 0 aromatic heterocycles. The highest BCUT2D eigenvalue weighted by atomic mass is 32.2. The molecule has 0 bridgehead atoms. The maximum atomic E-state index is 14.0. The highest BCUT2D eigenvalue weighted by Crippen LogP contribution is 2.31. The smallest absolute Gasteiger partial charge is 0.251 e. The predicted octanol–water partition coefficient (Wildman–Crippen LogP) is 3.70. The van der Waals surface area contributed by atoms with E-state index >= 15 is 0 Å². The summed E-state index contributed by atoms with van der Waals surface area (Å²) in [5, 5.41) is 2.95. The predicted molar refractivity (Wildman–Crippen MR) is 121 cm³/mol. The molecule has 32 heavy (non-hydrogen) atoms. The number of para-hydroxylation sites is 1. The van der Waals surface area contributed by atoms with Gasteiger partial charge in [0.2, 0.25) is 10.0 Å². The number of benzene rings is 3. The Balaban J connectivity index is 1.53. The number of nitrogens with zero attached hydrogens (tertiary/aromatic N) is 1. The lowest BCUT2D eigenvalue weighted by Crippen LogP contribution is -2.32. The van der Waals surface area contributed by atoms with Crippen LogP contribution in [0, 0.1) is 5.82 Å². The molecule has 1 heterocycles. The third-order valence-corrected chi connectivity index (χ3v) is 6.52. The number of anilines is 1. The molecule has 1 unspecified atom stereocenters. The van der Waals surface area contributed by atoms with Gasteiger partial charge in [-0.2, -0.15) is 0 Å². The number of carbonyl (C=O) groups excluding carboxylic acids is 1. The monoisotopic (exact) mass is 454 g/mol. The second kappa shape index (κ2) is 9.00. The summed E-state index contributed by atoms with van der Waals surface area (Å²) < 4.78 is 44.8. The molecule has 0 radical (unpaired) electrons. The van der Waals surface area contributed by atoms with E-state index in [0.29, 0.717) is 24.2 Å². The molecule has 1 aliphatic rings. The van der Waals surface area contributed by atoms with Crippen LogP contribution in [0.2, 0.25) is 0 Å². The Morgan fingerprint density at radius 2 is 1.81 bits per heavy atom. The van der Waals surface area contributed by atoms with E-state index in [-0.39, 0.29) is 18.3 Å². The maximum Gasteiger partial charge on any atom is 0.251 e. The summed E-state index contributed by atoms with van der Waals surface area (Å²) in [6.45, 7) is 0.409. The quantitative estimate of drug-likeness (QED) is 0.591. The molecular formula is C24H23FN2O4S. The number of halogens is 1. The van der Waals surface area contributed by atoms with E-state index < -0.39 is 21.9 Å². The van der Waals surface area contributed by atoms with E-state index in [4.69, 9.17) is 4.74 Å². The van der Waals surface area contributed by atoms with Crippen molar-refractivity contribution < 1.29 is 22.3 Å². The van der Waals surface area contributed by atoms with Crippen molar-refractivity contribution in [2.75, 3.05) is 23.7 Å². The van der Waals surface area contributed by atoms with E-state index in [2.05, 4.69) is 5.32 Å². The Labute approximate surface area is 186 Å². The molecule has 1 amide bonds. The average molecular weight is 455 g/mol. The zero-order valence-corrected chi connectivity index (χ0v) is 18.3. The highest BCUT2D eigenvalue weighted by Gasteiger charge is 2.27. The van der Waals surface area contributed by atoms with Crippen LogP contribution in [-0.2, 0) is 16.4 Å². The summed E-state index contributed by atoms with van der Waals surface area (Å²) in [5.74, 6) is -0.683. The standard InChI is InChI=1S/C24H23FN2O4S/c1-32(29,30)27-14-13-18-15-19(11-12-22(18)27)24(28)26-21(17-7-3-2-4-8-17)16-31-23-10-6-5-9-20(23)25/h2-12,15,21H,13-14,16H2,1H3,(H,26,28). The van der Waals surface area contributed by atoms with Crippen LogP contribution in [0.4, 0.5) is 10.1 Å². The third-order valence-electron chi connectivity index (χ3n) is 5.34. The summed E-state index contributed by atoms with van der Waals surface area (Å²) in [6, 6.07) is 19.9. The van der Waals surface area contributed by atoms with E-state index in [0.717, 1.165) is 11.1 Å². The second-order valence-corrected chi connectivity index (χ2v) is 9.51.